The Hall–Kier alpha value is -1.06. The molecule has 4 heteroatoms. The first-order chi connectivity index (χ1) is 6.02. The average molecular weight is 185 g/mol. The lowest BCUT2D eigenvalue weighted by Crippen LogP contribution is -2.23. The lowest BCUT2D eigenvalue weighted by Gasteiger charge is -2.13. The molecular weight excluding hydrogens is 170 g/mol. The summed E-state index contributed by atoms with van der Waals surface area (Å²) in [6.45, 7) is 6.21. The third-order valence-electron chi connectivity index (χ3n) is 2.49. The number of hydrogen-bond acceptors (Lipinski definition) is 3. The van der Waals surface area contributed by atoms with Crippen molar-refractivity contribution in [2.45, 2.75) is 33.3 Å². The normalized spacial score (nSPS) is 24.0. The quantitative estimate of drug-likeness (QED) is 0.725. The molecule has 74 valence electrons. The van der Waals surface area contributed by atoms with Crippen LogP contribution < -0.4 is 0 Å². The summed E-state index contributed by atoms with van der Waals surface area (Å²) in [7, 11) is 0. The highest BCUT2D eigenvalue weighted by atomic mass is 16.7. The standard InChI is InChI=1S/C9H15NO3/c1-5(2)6(3)7-4-8(9(11)12)13-10-7/h5-6,8H,4H2,1-3H3,(H,11,12). The van der Waals surface area contributed by atoms with Crippen LogP contribution in [0.3, 0.4) is 0 Å². The molecule has 1 aliphatic heterocycles. The first kappa shape index (κ1) is 10.0. The minimum absolute atomic E-state index is 0.296. The van der Waals surface area contributed by atoms with E-state index in [-0.39, 0.29) is 0 Å². The van der Waals surface area contributed by atoms with Gasteiger partial charge in [-0.15, -0.1) is 0 Å². The third-order valence-corrected chi connectivity index (χ3v) is 2.49. The maximum absolute atomic E-state index is 10.5. The number of carbonyl (C=O) groups is 1. The summed E-state index contributed by atoms with van der Waals surface area (Å²) in [4.78, 5) is 15.3. The monoisotopic (exact) mass is 185 g/mol. The predicted octanol–water partition coefficient (Wildman–Crippen LogP) is 1.51. The highest BCUT2D eigenvalue weighted by Crippen LogP contribution is 2.21. The van der Waals surface area contributed by atoms with E-state index in [2.05, 4.69) is 19.0 Å². The zero-order valence-corrected chi connectivity index (χ0v) is 8.15. The van der Waals surface area contributed by atoms with Gasteiger partial charge in [-0.05, 0) is 5.92 Å². The lowest BCUT2D eigenvalue weighted by molar-refractivity contribution is -0.148. The van der Waals surface area contributed by atoms with Crippen molar-refractivity contribution in [3.63, 3.8) is 0 Å². The zero-order valence-electron chi connectivity index (χ0n) is 8.15. The molecule has 1 heterocycles. The van der Waals surface area contributed by atoms with Crippen LogP contribution in [0.5, 0.6) is 0 Å². The van der Waals surface area contributed by atoms with E-state index in [0.29, 0.717) is 18.3 Å². The highest BCUT2D eigenvalue weighted by Gasteiger charge is 2.30. The van der Waals surface area contributed by atoms with E-state index in [1.807, 2.05) is 6.92 Å². The average Bonchev–Trinajstić information content (AvgIpc) is 2.50. The number of hydrogen-bond donors (Lipinski definition) is 1. The number of nitrogens with zero attached hydrogens (tertiary/aromatic N) is 1. The van der Waals surface area contributed by atoms with Crippen LogP contribution in [0.1, 0.15) is 27.2 Å². The Bertz CT molecular complexity index is 235. The SMILES string of the molecule is CC(C)C(C)C1=NOC(C(=O)O)C1. The Kier molecular flexibility index (Phi) is 2.90. The van der Waals surface area contributed by atoms with Crippen LogP contribution in [-0.4, -0.2) is 22.9 Å². The second-order valence-corrected chi connectivity index (χ2v) is 3.75. The van der Waals surface area contributed by atoms with E-state index >= 15 is 0 Å². The molecule has 0 saturated heterocycles. The maximum atomic E-state index is 10.5. The van der Waals surface area contributed by atoms with E-state index in [9.17, 15) is 4.79 Å². The van der Waals surface area contributed by atoms with Crippen LogP contribution in [0.15, 0.2) is 5.16 Å². The molecule has 0 spiro atoms. The van der Waals surface area contributed by atoms with Crippen molar-refractivity contribution < 1.29 is 14.7 Å². The maximum Gasteiger partial charge on any atom is 0.348 e. The van der Waals surface area contributed by atoms with Gasteiger partial charge in [-0.1, -0.05) is 25.9 Å². The Morgan fingerprint density at radius 1 is 1.62 bits per heavy atom. The van der Waals surface area contributed by atoms with Crippen molar-refractivity contribution in [2.24, 2.45) is 17.0 Å². The van der Waals surface area contributed by atoms with Crippen LogP contribution >= 0.6 is 0 Å². The van der Waals surface area contributed by atoms with Gasteiger partial charge in [-0.25, -0.2) is 4.79 Å². The summed E-state index contributed by atoms with van der Waals surface area (Å²) in [6, 6.07) is 0. The van der Waals surface area contributed by atoms with E-state index in [1.165, 1.54) is 0 Å². The van der Waals surface area contributed by atoms with Crippen molar-refractivity contribution in [2.75, 3.05) is 0 Å². The van der Waals surface area contributed by atoms with Gasteiger partial charge in [0.05, 0.1) is 5.71 Å². The number of rotatable bonds is 3. The Morgan fingerprint density at radius 2 is 2.23 bits per heavy atom. The fourth-order valence-corrected chi connectivity index (χ4v) is 1.18. The second kappa shape index (κ2) is 3.77. The van der Waals surface area contributed by atoms with Crippen LogP contribution in [-0.2, 0) is 9.63 Å². The van der Waals surface area contributed by atoms with Gasteiger partial charge in [-0.2, -0.15) is 0 Å². The number of aliphatic carboxylic acids is 1. The largest absolute Gasteiger partial charge is 0.478 e. The van der Waals surface area contributed by atoms with Gasteiger partial charge in [0.25, 0.3) is 0 Å². The van der Waals surface area contributed by atoms with Crippen molar-refractivity contribution >= 4 is 11.7 Å². The molecular formula is C9H15NO3. The van der Waals surface area contributed by atoms with Crippen LogP contribution in [0.4, 0.5) is 0 Å². The molecule has 0 aromatic rings. The fourth-order valence-electron chi connectivity index (χ4n) is 1.18. The van der Waals surface area contributed by atoms with Gasteiger partial charge in [0, 0.05) is 12.3 Å². The first-order valence-corrected chi connectivity index (χ1v) is 4.47. The molecule has 0 aliphatic carbocycles. The molecule has 1 rings (SSSR count). The summed E-state index contributed by atoms with van der Waals surface area (Å²) in [5, 5.41) is 12.4. The first-order valence-electron chi connectivity index (χ1n) is 4.47. The molecule has 0 radical (unpaired) electrons. The minimum Gasteiger partial charge on any atom is -0.478 e. The van der Waals surface area contributed by atoms with Crippen molar-refractivity contribution in [3.05, 3.63) is 0 Å². The molecule has 2 atom stereocenters. The minimum atomic E-state index is -0.935. The zero-order chi connectivity index (χ0) is 10.0. The highest BCUT2D eigenvalue weighted by molar-refractivity contribution is 5.92. The van der Waals surface area contributed by atoms with E-state index in [0.717, 1.165) is 5.71 Å². The Labute approximate surface area is 77.6 Å². The van der Waals surface area contributed by atoms with Gasteiger partial charge in [0.2, 0.25) is 6.10 Å². The van der Waals surface area contributed by atoms with Crippen LogP contribution in [0, 0.1) is 11.8 Å². The van der Waals surface area contributed by atoms with Gasteiger partial charge < -0.3 is 9.94 Å². The molecule has 0 aromatic carbocycles. The van der Waals surface area contributed by atoms with Crippen LogP contribution in [0.2, 0.25) is 0 Å². The molecule has 0 fully saturated rings. The molecule has 1 N–H and O–H groups in total. The van der Waals surface area contributed by atoms with E-state index < -0.39 is 12.1 Å². The van der Waals surface area contributed by atoms with Crippen LogP contribution in [0.25, 0.3) is 0 Å². The number of carboxylic acids is 1. The Balaban J connectivity index is 2.53. The lowest BCUT2D eigenvalue weighted by atomic mass is 9.90. The molecule has 1 aliphatic rings. The summed E-state index contributed by atoms with van der Waals surface area (Å²) < 4.78 is 0. The van der Waals surface area contributed by atoms with Gasteiger partial charge >= 0.3 is 5.97 Å². The summed E-state index contributed by atoms with van der Waals surface area (Å²) in [6.07, 6.45) is -0.342. The summed E-state index contributed by atoms with van der Waals surface area (Å²) in [5.41, 5.74) is 0.863. The van der Waals surface area contributed by atoms with E-state index in [1.54, 1.807) is 0 Å². The van der Waals surface area contributed by atoms with Crippen molar-refractivity contribution in [3.8, 4) is 0 Å². The predicted molar refractivity (Wildman–Crippen MR) is 48.6 cm³/mol. The Morgan fingerprint density at radius 3 is 2.62 bits per heavy atom. The molecule has 2 unspecified atom stereocenters. The third kappa shape index (κ3) is 2.20. The van der Waals surface area contributed by atoms with Gasteiger partial charge in [0.15, 0.2) is 0 Å². The van der Waals surface area contributed by atoms with E-state index in [4.69, 9.17) is 9.94 Å². The smallest absolute Gasteiger partial charge is 0.348 e. The van der Waals surface area contributed by atoms with Crippen molar-refractivity contribution in [1.29, 1.82) is 0 Å². The molecule has 0 bridgehead atoms. The molecule has 0 amide bonds. The molecule has 0 aromatic heterocycles. The second-order valence-electron chi connectivity index (χ2n) is 3.75. The van der Waals surface area contributed by atoms with Gasteiger partial charge in [-0.3, -0.25) is 0 Å². The van der Waals surface area contributed by atoms with Crippen molar-refractivity contribution in [1.82, 2.24) is 0 Å². The summed E-state index contributed by atoms with van der Waals surface area (Å²) >= 11 is 0. The number of oxime groups is 1. The molecule has 13 heavy (non-hydrogen) atoms. The fraction of sp³-hybridized carbons (Fsp3) is 0.778. The molecule has 0 saturated carbocycles. The summed E-state index contributed by atoms with van der Waals surface area (Å²) in [5.74, 6) is -0.172. The van der Waals surface area contributed by atoms with Gasteiger partial charge in [0.1, 0.15) is 0 Å². The number of carboxylic acid groups (broad SMARTS) is 1. The topological polar surface area (TPSA) is 58.9 Å². The molecule has 4 nitrogen and oxygen atoms in total.